The fourth-order valence-electron chi connectivity index (χ4n) is 3.48. The summed E-state index contributed by atoms with van der Waals surface area (Å²) in [5, 5.41) is 9.94. The van der Waals surface area contributed by atoms with Crippen LogP contribution in [0.5, 0.6) is 34.5 Å². The zero-order valence-corrected chi connectivity index (χ0v) is 17.3. The summed E-state index contributed by atoms with van der Waals surface area (Å²) in [6.07, 6.45) is -0.420. The lowest BCUT2D eigenvalue weighted by Crippen LogP contribution is -2.14. The van der Waals surface area contributed by atoms with E-state index in [1.807, 2.05) is 0 Å². The van der Waals surface area contributed by atoms with Gasteiger partial charge in [-0.1, -0.05) is 0 Å². The van der Waals surface area contributed by atoms with Crippen LogP contribution in [0.3, 0.4) is 0 Å². The first kappa shape index (κ1) is 20.5. The predicted molar refractivity (Wildman–Crippen MR) is 105 cm³/mol. The number of carboxylic acid groups (broad SMARTS) is 1. The van der Waals surface area contributed by atoms with Crippen LogP contribution in [0.2, 0.25) is 0 Å². The number of ether oxygens (including phenoxy) is 7. The highest BCUT2D eigenvalue weighted by Crippen LogP contribution is 2.56. The van der Waals surface area contributed by atoms with E-state index in [1.165, 1.54) is 26.4 Å². The molecular weight excluding hydrogens is 412 g/mol. The number of methoxy groups -OCH3 is 2. The minimum absolute atomic E-state index is 0.0279. The van der Waals surface area contributed by atoms with Gasteiger partial charge in [-0.2, -0.15) is 0 Å². The van der Waals surface area contributed by atoms with Crippen LogP contribution in [-0.4, -0.2) is 51.0 Å². The molecule has 0 radical (unpaired) electrons. The molecule has 0 fully saturated rings. The maximum atomic E-state index is 13.0. The van der Waals surface area contributed by atoms with Crippen LogP contribution in [0, 0.1) is 0 Å². The summed E-state index contributed by atoms with van der Waals surface area (Å²) in [5.74, 6) is -0.834. The number of hydrogen-bond acceptors (Lipinski definition) is 9. The highest BCUT2D eigenvalue weighted by molar-refractivity contribution is 6.08. The Balaban J connectivity index is 2.10. The van der Waals surface area contributed by atoms with Crippen molar-refractivity contribution >= 4 is 11.9 Å². The second kappa shape index (κ2) is 7.78. The lowest BCUT2D eigenvalue weighted by Gasteiger charge is -2.19. The lowest BCUT2D eigenvalue weighted by atomic mass is 9.92. The van der Waals surface area contributed by atoms with Crippen LogP contribution in [0.15, 0.2) is 12.1 Å². The molecule has 2 aromatic carbocycles. The van der Waals surface area contributed by atoms with Crippen molar-refractivity contribution in [2.75, 3.05) is 27.8 Å². The Bertz CT molecular complexity index is 1070. The molecule has 0 aromatic heterocycles. The normalized spacial score (nSPS) is 13.3. The Hall–Kier alpha value is -3.82. The molecule has 0 saturated heterocycles. The van der Waals surface area contributed by atoms with E-state index in [-0.39, 0.29) is 70.3 Å². The maximum absolute atomic E-state index is 13.0. The predicted octanol–water partition coefficient (Wildman–Crippen LogP) is 3.09. The molecule has 0 saturated carbocycles. The third kappa shape index (κ3) is 3.29. The lowest BCUT2D eigenvalue weighted by molar-refractivity contribution is 0.0377. The molecule has 2 aliphatic heterocycles. The number of carbonyl (C=O) groups is 2. The SMILES string of the molecule is COc1cc(C(=O)O)c(-c2c(C(=O)OC(C)C)cc(OC)c3c2OCO3)c2c1OCO2. The number of hydrogen-bond donors (Lipinski definition) is 1. The molecular formula is C21H20O10. The standard InChI is InChI=1S/C21H20O10/c1-9(2)31-21(24)11-6-13(26-4)17-19(30-8-28-17)15(11)14-10(20(22)23)5-12(25-3)16-18(14)29-7-27-16/h5-6,9H,7-8H2,1-4H3,(H,22,23). The van der Waals surface area contributed by atoms with Gasteiger partial charge in [-0.3, -0.25) is 0 Å². The molecule has 2 heterocycles. The first-order valence-electron chi connectivity index (χ1n) is 9.33. The number of carboxylic acids is 1. The number of benzene rings is 2. The second-order valence-corrected chi connectivity index (χ2v) is 6.89. The Kier molecular flexibility index (Phi) is 5.14. The van der Waals surface area contributed by atoms with Gasteiger partial charge < -0.3 is 38.3 Å². The fourth-order valence-corrected chi connectivity index (χ4v) is 3.48. The first-order valence-corrected chi connectivity index (χ1v) is 9.33. The Morgan fingerprint density at radius 1 is 0.839 bits per heavy atom. The number of carbonyl (C=O) groups excluding carboxylic acids is 1. The Morgan fingerprint density at radius 3 is 1.74 bits per heavy atom. The van der Waals surface area contributed by atoms with Crippen LogP contribution in [0.25, 0.3) is 11.1 Å². The van der Waals surface area contributed by atoms with E-state index >= 15 is 0 Å². The van der Waals surface area contributed by atoms with Crippen molar-refractivity contribution in [1.82, 2.24) is 0 Å². The second-order valence-electron chi connectivity index (χ2n) is 6.89. The zero-order chi connectivity index (χ0) is 22.3. The van der Waals surface area contributed by atoms with Crippen LogP contribution in [0.4, 0.5) is 0 Å². The van der Waals surface area contributed by atoms with Gasteiger partial charge in [0.15, 0.2) is 23.0 Å². The van der Waals surface area contributed by atoms with E-state index in [0.717, 1.165) is 0 Å². The van der Waals surface area contributed by atoms with Gasteiger partial charge in [0.05, 0.1) is 31.5 Å². The van der Waals surface area contributed by atoms with Gasteiger partial charge >= 0.3 is 11.9 Å². The third-order valence-corrected chi connectivity index (χ3v) is 4.70. The molecule has 2 aliphatic rings. The summed E-state index contributed by atoms with van der Waals surface area (Å²) in [6, 6.07) is 2.72. The van der Waals surface area contributed by atoms with E-state index in [9.17, 15) is 14.7 Å². The first-order chi connectivity index (χ1) is 14.9. The minimum atomic E-state index is -1.27. The number of rotatable bonds is 6. The van der Waals surface area contributed by atoms with Gasteiger partial charge in [0, 0.05) is 11.1 Å². The molecule has 0 bridgehead atoms. The molecule has 164 valence electrons. The quantitative estimate of drug-likeness (QED) is 0.682. The summed E-state index contributed by atoms with van der Waals surface area (Å²) in [5.41, 5.74) is 0.0735. The molecule has 4 rings (SSSR count). The Morgan fingerprint density at radius 2 is 1.29 bits per heavy atom. The van der Waals surface area contributed by atoms with E-state index in [0.29, 0.717) is 0 Å². The smallest absolute Gasteiger partial charge is 0.339 e. The molecule has 0 spiro atoms. The summed E-state index contributed by atoms with van der Waals surface area (Å²) in [4.78, 5) is 25.2. The topological polar surface area (TPSA) is 119 Å². The van der Waals surface area contributed by atoms with E-state index in [1.54, 1.807) is 13.8 Å². The molecule has 10 heteroatoms. The van der Waals surface area contributed by atoms with Crippen LogP contribution >= 0.6 is 0 Å². The van der Waals surface area contributed by atoms with Crippen molar-refractivity contribution < 1.29 is 47.9 Å². The van der Waals surface area contributed by atoms with Crippen molar-refractivity contribution in [2.45, 2.75) is 20.0 Å². The van der Waals surface area contributed by atoms with Gasteiger partial charge in [0.1, 0.15) is 0 Å². The van der Waals surface area contributed by atoms with Gasteiger partial charge in [-0.15, -0.1) is 0 Å². The molecule has 31 heavy (non-hydrogen) atoms. The van der Waals surface area contributed by atoms with Gasteiger partial charge in [-0.05, 0) is 26.0 Å². The van der Waals surface area contributed by atoms with E-state index in [4.69, 9.17) is 33.2 Å². The number of esters is 1. The molecule has 2 aromatic rings. The molecule has 0 unspecified atom stereocenters. The number of aromatic carboxylic acids is 1. The largest absolute Gasteiger partial charge is 0.493 e. The fraction of sp³-hybridized carbons (Fsp3) is 0.333. The maximum Gasteiger partial charge on any atom is 0.339 e. The zero-order valence-electron chi connectivity index (χ0n) is 17.3. The number of fused-ring (bicyclic) bond motifs is 2. The summed E-state index contributed by atoms with van der Waals surface area (Å²) in [6.45, 7) is 3.11. The van der Waals surface area contributed by atoms with Crippen LogP contribution < -0.4 is 28.4 Å². The molecule has 0 atom stereocenters. The summed E-state index contributed by atoms with van der Waals surface area (Å²) < 4.78 is 38.3. The van der Waals surface area contributed by atoms with Crippen molar-refractivity contribution in [3.63, 3.8) is 0 Å². The Labute approximate surface area is 177 Å². The van der Waals surface area contributed by atoms with Gasteiger partial charge in [0.2, 0.25) is 25.1 Å². The average Bonchev–Trinajstić information content (AvgIpc) is 3.40. The molecule has 10 nitrogen and oxygen atoms in total. The van der Waals surface area contributed by atoms with Crippen LogP contribution in [0.1, 0.15) is 34.6 Å². The van der Waals surface area contributed by atoms with Gasteiger partial charge in [0.25, 0.3) is 0 Å². The van der Waals surface area contributed by atoms with E-state index in [2.05, 4.69) is 0 Å². The molecule has 0 aliphatic carbocycles. The van der Waals surface area contributed by atoms with Gasteiger partial charge in [-0.25, -0.2) is 9.59 Å². The summed E-state index contributed by atoms with van der Waals surface area (Å²) in [7, 11) is 2.80. The average molecular weight is 432 g/mol. The highest BCUT2D eigenvalue weighted by atomic mass is 16.7. The summed E-state index contributed by atoms with van der Waals surface area (Å²) >= 11 is 0. The van der Waals surface area contributed by atoms with Crippen molar-refractivity contribution in [2.24, 2.45) is 0 Å². The molecule has 0 amide bonds. The minimum Gasteiger partial charge on any atom is -0.493 e. The van der Waals surface area contributed by atoms with Crippen molar-refractivity contribution in [3.8, 4) is 45.6 Å². The van der Waals surface area contributed by atoms with Crippen LogP contribution in [-0.2, 0) is 4.74 Å². The monoisotopic (exact) mass is 432 g/mol. The highest BCUT2D eigenvalue weighted by Gasteiger charge is 2.37. The van der Waals surface area contributed by atoms with Crippen molar-refractivity contribution in [1.29, 1.82) is 0 Å². The third-order valence-electron chi connectivity index (χ3n) is 4.70. The molecule has 1 N–H and O–H groups in total. The van der Waals surface area contributed by atoms with Crippen molar-refractivity contribution in [3.05, 3.63) is 23.3 Å². The van der Waals surface area contributed by atoms with E-state index < -0.39 is 18.0 Å².